The minimum absolute atomic E-state index is 0. The van der Waals surface area contributed by atoms with Crippen molar-refractivity contribution in [3.8, 4) is 0 Å². The highest BCUT2D eigenvalue weighted by atomic mass is 127. The van der Waals surface area contributed by atoms with E-state index in [9.17, 15) is 4.39 Å². The van der Waals surface area contributed by atoms with Gasteiger partial charge in [-0.2, -0.15) is 0 Å². The quantitative estimate of drug-likeness (QED) is 0.368. The summed E-state index contributed by atoms with van der Waals surface area (Å²) in [4.78, 5) is 4.94. The molecule has 0 spiro atoms. The summed E-state index contributed by atoms with van der Waals surface area (Å²) in [5, 5.41) is 6.97. The number of hydrogen-bond donors (Lipinski definition) is 2. The second kappa shape index (κ2) is 9.71. The van der Waals surface area contributed by atoms with Gasteiger partial charge >= 0.3 is 0 Å². The van der Waals surface area contributed by atoms with Crippen LogP contribution in [0.1, 0.15) is 44.6 Å². The van der Waals surface area contributed by atoms with Gasteiger partial charge < -0.3 is 20.1 Å². The van der Waals surface area contributed by atoms with Gasteiger partial charge in [0.05, 0.1) is 24.8 Å². The molecule has 0 saturated carbocycles. The first kappa shape index (κ1) is 21.8. The molecule has 28 heavy (non-hydrogen) atoms. The third-order valence-electron chi connectivity index (χ3n) is 6.22. The molecule has 156 valence electrons. The Kier molecular flexibility index (Phi) is 7.55. The number of hydrogen-bond acceptors (Lipinski definition) is 3. The molecule has 3 heterocycles. The van der Waals surface area contributed by atoms with Gasteiger partial charge in [-0.1, -0.05) is 12.1 Å². The fraction of sp³-hybridized carbons (Fsp3) is 0.667. The van der Waals surface area contributed by atoms with Gasteiger partial charge in [-0.25, -0.2) is 4.39 Å². The fourth-order valence-corrected chi connectivity index (χ4v) is 4.62. The largest absolute Gasteiger partial charge is 0.381 e. The van der Waals surface area contributed by atoms with Gasteiger partial charge in [0.15, 0.2) is 5.96 Å². The molecule has 7 heteroatoms. The van der Waals surface area contributed by atoms with E-state index in [0.29, 0.717) is 24.8 Å². The van der Waals surface area contributed by atoms with Gasteiger partial charge in [-0.15, -0.1) is 24.0 Å². The average Bonchev–Trinajstić information content (AvgIpc) is 3.31. The van der Waals surface area contributed by atoms with E-state index in [-0.39, 0.29) is 35.2 Å². The van der Waals surface area contributed by atoms with Crippen LogP contribution in [0.15, 0.2) is 29.3 Å². The molecule has 3 saturated heterocycles. The Hall–Kier alpha value is -0.930. The van der Waals surface area contributed by atoms with Crippen molar-refractivity contribution < 1.29 is 13.9 Å². The molecule has 0 amide bonds. The standard InChI is InChI=1S/C21H30FN3O2.HI/c1-2-23-20(25-18-13-17-7-8-19(18)27-17)24-14-21(9-11-26-12-10-21)15-3-5-16(22)6-4-15;/h3-6,17-19H,2,7-14H2,1H3,(H2,23,24,25);1H. The van der Waals surface area contributed by atoms with E-state index in [2.05, 4.69) is 17.6 Å². The van der Waals surface area contributed by atoms with Crippen molar-refractivity contribution in [2.75, 3.05) is 26.3 Å². The summed E-state index contributed by atoms with van der Waals surface area (Å²) >= 11 is 0. The molecular weight excluding hydrogens is 472 g/mol. The lowest BCUT2D eigenvalue weighted by molar-refractivity contribution is 0.0530. The summed E-state index contributed by atoms with van der Waals surface area (Å²) in [6.07, 6.45) is 5.91. The van der Waals surface area contributed by atoms with Crippen molar-refractivity contribution in [2.45, 2.75) is 62.7 Å². The maximum Gasteiger partial charge on any atom is 0.191 e. The third-order valence-corrected chi connectivity index (χ3v) is 6.22. The van der Waals surface area contributed by atoms with E-state index in [1.165, 1.54) is 6.42 Å². The molecule has 3 atom stereocenters. The van der Waals surface area contributed by atoms with Gasteiger partial charge in [0, 0.05) is 25.2 Å². The second-order valence-corrected chi connectivity index (χ2v) is 7.96. The molecule has 1 aromatic carbocycles. The number of guanidine groups is 1. The SMILES string of the molecule is CCNC(=NCC1(c2ccc(F)cc2)CCOCC1)NC1CC2CCC1O2.I. The lowest BCUT2D eigenvalue weighted by Gasteiger charge is -2.37. The van der Waals surface area contributed by atoms with Crippen LogP contribution < -0.4 is 10.6 Å². The number of nitrogens with one attached hydrogen (secondary N) is 2. The van der Waals surface area contributed by atoms with Crippen LogP contribution in [-0.4, -0.2) is 50.5 Å². The number of aliphatic imine (C=N–C) groups is 1. The van der Waals surface area contributed by atoms with E-state index in [0.717, 1.165) is 57.0 Å². The first-order valence-electron chi connectivity index (χ1n) is 10.2. The molecule has 0 aromatic heterocycles. The van der Waals surface area contributed by atoms with Crippen LogP contribution in [0.2, 0.25) is 0 Å². The first-order valence-corrected chi connectivity index (χ1v) is 10.2. The Labute approximate surface area is 183 Å². The number of ether oxygens (including phenoxy) is 2. The van der Waals surface area contributed by atoms with Gasteiger partial charge in [-0.05, 0) is 56.7 Å². The van der Waals surface area contributed by atoms with E-state index >= 15 is 0 Å². The molecule has 2 bridgehead atoms. The number of halogens is 2. The van der Waals surface area contributed by atoms with Crippen molar-refractivity contribution in [1.29, 1.82) is 0 Å². The zero-order valence-electron chi connectivity index (χ0n) is 16.5. The lowest BCUT2D eigenvalue weighted by atomic mass is 9.74. The topological polar surface area (TPSA) is 54.9 Å². The molecule has 1 aromatic rings. The predicted molar refractivity (Wildman–Crippen MR) is 119 cm³/mol. The molecule has 0 aliphatic carbocycles. The van der Waals surface area contributed by atoms with Crippen molar-refractivity contribution in [3.05, 3.63) is 35.6 Å². The molecule has 3 aliphatic rings. The molecular formula is C21H31FIN3O2. The van der Waals surface area contributed by atoms with Crippen LogP contribution in [0.5, 0.6) is 0 Å². The predicted octanol–water partition coefficient (Wildman–Crippen LogP) is 3.37. The van der Waals surface area contributed by atoms with Crippen LogP contribution in [0.4, 0.5) is 4.39 Å². The Morgan fingerprint density at radius 3 is 2.57 bits per heavy atom. The van der Waals surface area contributed by atoms with E-state index in [1.807, 2.05) is 12.1 Å². The number of rotatable bonds is 5. The number of fused-ring (bicyclic) bond motifs is 2. The molecule has 0 radical (unpaired) electrons. The van der Waals surface area contributed by atoms with Crippen molar-refractivity contribution in [1.82, 2.24) is 10.6 Å². The van der Waals surface area contributed by atoms with Gasteiger partial charge in [0.2, 0.25) is 0 Å². The Balaban J connectivity index is 0.00000225. The first-order chi connectivity index (χ1) is 13.2. The third kappa shape index (κ3) is 4.79. The van der Waals surface area contributed by atoms with Crippen LogP contribution in [-0.2, 0) is 14.9 Å². The summed E-state index contributed by atoms with van der Waals surface area (Å²) in [5.41, 5.74) is 1.05. The van der Waals surface area contributed by atoms with E-state index in [4.69, 9.17) is 14.5 Å². The summed E-state index contributed by atoms with van der Waals surface area (Å²) in [6.45, 7) is 5.01. The summed E-state index contributed by atoms with van der Waals surface area (Å²) in [7, 11) is 0. The molecule has 3 unspecified atom stereocenters. The smallest absolute Gasteiger partial charge is 0.191 e. The molecule has 3 aliphatic heterocycles. The van der Waals surface area contributed by atoms with Gasteiger partial charge in [-0.3, -0.25) is 4.99 Å². The monoisotopic (exact) mass is 503 g/mol. The van der Waals surface area contributed by atoms with Crippen molar-refractivity contribution in [2.24, 2.45) is 4.99 Å². The minimum atomic E-state index is -0.198. The maximum atomic E-state index is 13.4. The minimum Gasteiger partial charge on any atom is -0.381 e. The number of benzene rings is 1. The fourth-order valence-electron chi connectivity index (χ4n) is 4.62. The highest BCUT2D eigenvalue weighted by Gasteiger charge is 2.41. The van der Waals surface area contributed by atoms with Crippen molar-refractivity contribution >= 4 is 29.9 Å². The van der Waals surface area contributed by atoms with Crippen LogP contribution in [0, 0.1) is 5.82 Å². The molecule has 5 nitrogen and oxygen atoms in total. The Morgan fingerprint density at radius 2 is 1.96 bits per heavy atom. The summed E-state index contributed by atoms with van der Waals surface area (Å²) < 4.78 is 25.0. The zero-order chi connectivity index (χ0) is 18.7. The summed E-state index contributed by atoms with van der Waals surface area (Å²) in [6, 6.07) is 7.25. The average molecular weight is 503 g/mol. The maximum absolute atomic E-state index is 13.4. The molecule has 2 N–H and O–H groups in total. The highest BCUT2D eigenvalue weighted by Crippen LogP contribution is 2.36. The van der Waals surface area contributed by atoms with Crippen LogP contribution >= 0.6 is 24.0 Å². The summed E-state index contributed by atoms with van der Waals surface area (Å²) in [5.74, 6) is 0.655. The Morgan fingerprint density at radius 1 is 1.21 bits per heavy atom. The highest BCUT2D eigenvalue weighted by molar-refractivity contribution is 14.0. The lowest BCUT2D eigenvalue weighted by Crippen LogP contribution is -2.48. The second-order valence-electron chi connectivity index (χ2n) is 7.96. The molecule has 3 fully saturated rings. The number of nitrogens with zero attached hydrogens (tertiary/aromatic N) is 1. The van der Waals surface area contributed by atoms with Crippen molar-refractivity contribution in [3.63, 3.8) is 0 Å². The zero-order valence-corrected chi connectivity index (χ0v) is 18.8. The van der Waals surface area contributed by atoms with Crippen LogP contribution in [0.3, 0.4) is 0 Å². The van der Waals surface area contributed by atoms with E-state index in [1.54, 1.807) is 12.1 Å². The van der Waals surface area contributed by atoms with Gasteiger partial charge in [0.1, 0.15) is 5.82 Å². The Bertz CT molecular complexity index is 664. The normalized spacial score (nSPS) is 28.6. The van der Waals surface area contributed by atoms with Crippen LogP contribution in [0.25, 0.3) is 0 Å². The van der Waals surface area contributed by atoms with Gasteiger partial charge in [0.25, 0.3) is 0 Å². The molecule has 4 rings (SSSR count). The van der Waals surface area contributed by atoms with E-state index < -0.39 is 0 Å².